The molecule has 10 heteroatoms. The predicted molar refractivity (Wildman–Crippen MR) is 266 cm³/mol. The molecule has 1 unspecified atom stereocenters. The minimum atomic E-state index is -0.840. The number of carbonyl (C=O) groups is 3. The Morgan fingerprint density at radius 3 is 1.50 bits per heavy atom. The number of hydrogen-bond donors (Lipinski definition) is 1. The van der Waals surface area contributed by atoms with Crippen molar-refractivity contribution in [2.75, 3.05) is 0 Å². The van der Waals surface area contributed by atoms with Gasteiger partial charge in [-0.1, -0.05) is 129 Å². The third-order valence-corrected chi connectivity index (χ3v) is 13.0. The summed E-state index contributed by atoms with van der Waals surface area (Å²) in [6, 6.07) is 28.2. The van der Waals surface area contributed by atoms with Gasteiger partial charge >= 0.3 is 11.9 Å². The summed E-state index contributed by atoms with van der Waals surface area (Å²) >= 11 is 0. The van der Waals surface area contributed by atoms with Crippen LogP contribution < -0.4 is 0 Å². The number of fused-ring (bicyclic) bond motifs is 4. The Morgan fingerprint density at radius 1 is 0.529 bits per heavy atom. The third-order valence-electron chi connectivity index (χ3n) is 13.0. The molecule has 0 aromatic heterocycles. The summed E-state index contributed by atoms with van der Waals surface area (Å²) in [5.74, 6) is -2.71. The van der Waals surface area contributed by atoms with Gasteiger partial charge in [0.05, 0.1) is 23.3 Å². The number of aliphatic hydroxyl groups excluding tert-OH is 1. The highest BCUT2D eigenvalue weighted by molar-refractivity contribution is 5.98. The minimum Gasteiger partial charge on any atom is -0.458 e. The zero-order valence-corrected chi connectivity index (χ0v) is 40.9. The number of ketones is 1. The molecular formula is C58H66O10. The monoisotopic (exact) mass is 922 g/mol. The van der Waals surface area contributed by atoms with E-state index in [2.05, 4.69) is 12.1 Å². The summed E-state index contributed by atoms with van der Waals surface area (Å²) in [5.41, 5.74) is 8.62. The van der Waals surface area contributed by atoms with E-state index in [-0.39, 0.29) is 41.8 Å². The maximum Gasteiger partial charge on any atom is 0.339 e. The van der Waals surface area contributed by atoms with Gasteiger partial charge in [-0.05, 0) is 131 Å². The number of benzene rings is 4. The van der Waals surface area contributed by atoms with E-state index < -0.39 is 42.1 Å². The van der Waals surface area contributed by atoms with Crippen LogP contribution in [0, 0.1) is 25.7 Å². The maximum absolute atomic E-state index is 13.3. The number of aliphatic hydroxyl groups is 1. The van der Waals surface area contributed by atoms with Crippen LogP contribution in [0.3, 0.4) is 0 Å². The SMILES string of the molecule is Cc1cc(-c2ccccc2)cc2c1C(=O)O[C@@H](C)[C@H](C)/C=C\C(=O)[C@H]1OC(C)(C)O[C@H]1C/C=C/2.Cc1cc(-c2ccccc2)cc2c1C(=O)O[C@@H](C)[C@H](C)/C=C\C(O)[C@H]1OC(C)(C)O[C@H]1C/C=C/2. The van der Waals surface area contributed by atoms with Gasteiger partial charge < -0.3 is 33.5 Å². The van der Waals surface area contributed by atoms with Crippen molar-refractivity contribution in [1.29, 1.82) is 0 Å². The molecule has 1 N–H and O–H groups in total. The van der Waals surface area contributed by atoms with Gasteiger partial charge in [0.25, 0.3) is 0 Å². The standard InChI is InChI=1S/C29H34O5.C29H32O5/c2*1-18-14-15-24(30)27-25(33-29(4,5)34-27)13-9-12-22-17-23(21-10-7-6-8-11-21)16-19(2)26(22)28(31)32-20(18)3/h6-12,14-18,20,24-25,27,30H,13H2,1-5H3;6-12,14-18,20,25,27H,13H2,1-5H3/b2*12-9+,15-14-/t18-,20+,24?,25+,27-;18-,20+,25+,27-/m11/s1. The van der Waals surface area contributed by atoms with E-state index in [0.717, 1.165) is 44.5 Å². The van der Waals surface area contributed by atoms with Crippen LogP contribution in [0.15, 0.2) is 121 Å². The van der Waals surface area contributed by atoms with Crippen LogP contribution in [-0.2, 0) is 33.2 Å². The summed E-state index contributed by atoms with van der Waals surface area (Å²) in [4.78, 5) is 39.4. The van der Waals surface area contributed by atoms with Gasteiger partial charge in [-0.15, -0.1) is 0 Å². The number of cyclic esters (lactones) is 2. The molecule has 68 heavy (non-hydrogen) atoms. The van der Waals surface area contributed by atoms with E-state index in [1.807, 2.05) is 172 Å². The van der Waals surface area contributed by atoms with Crippen LogP contribution in [0.5, 0.6) is 0 Å². The fraction of sp³-hybridized carbons (Fsp3) is 0.397. The highest BCUT2D eigenvalue weighted by atomic mass is 16.8. The lowest BCUT2D eigenvalue weighted by molar-refractivity contribution is -0.152. The highest BCUT2D eigenvalue weighted by Gasteiger charge is 2.45. The van der Waals surface area contributed by atoms with Crippen LogP contribution in [0.25, 0.3) is 34.4 Å². The molecule has 4 aliphatic rings. The second kappa shape index (κ2) is 21.3. The highest BCUT2D eigenvalue weighted by Crippen LogP contribution is 2.36. The average Bonchev–Trinajstić information content (AvgIpc) is 3.79. The van der Waals surface area contributed by atoms with Crippen molar-refractivity contribution in [3.05, 3.63) is 155 Å². The van der Waals surface area contributed by atoms with Crippen LogP contribution in [0.2, 0.25) is 0 Å². The Hall–Kier alpha value is -5.75. The lowest BCUT2D eigenvalue weighted by Crippen LogP contribution is -2.34. The zero-order chi connectivity index (χ0) is 48.9. The van der Waals surface area contributed by atoms with Gasteiger partial charge in [-0.2, -0.15) is 0 Å². The number of aryl methyl sites for hydroxylation is 2. The molecule has 4 aromatic rings. The number of hydrogen-bond acceptors (Lipinski definition) is 10. The lowest BCUT2D eigenvalue weighted by Gasteiger charge is -2.22. The van der Waals surface area contributed by atoms with Crippen molar-refractivity contribution in [2.45, 2.75) is 136 Å². The molecule has 2 saturated heterocycles. The summed E-state index contributed by atoms with van der Waals surface area (Å²) in [6.45, 7) is 18.8. The summed E-state index contributed by atoms with van der Waals surface area (Å²) < 4.78 is 35.8. The first-order chi connectivity index (χ1) is 32.3. The predicted octanol–water partition coefficient (Wildman–Crippen LogP) is 11.6. The lowest BCUT2D eigenvalue weighted by atomic mass is 9.93. The fourth-order valence-corrected chi connectivity index (χ4v) is 9.01. The molecular weight excluding hydrogens is 857 g/mol. The minimum absolute atomic E-state index is 0.0850. The first-order valence-corrected chi connectivity index (χ1v) is 23.7. The molecule has 0 amide bonds. The Morgan fingerprint density at radius 2 is 0.985 bits per heavy atom. The second-order valence-electron chi connectivity index (χ2n) is 19.3. The molecule has 10 nitrogen and oxygen atoms in total. The quantitative estimate of drug-likeness (QED) is 0.153. The van der Waals surface area contributed by atoms with Crippen molar-refractivity contribution in [2.24, 2.45) is 11.8 Å². The Kier molecular flexibility index (Phi) is 15.7. The smallest absolute Gasteiger partial charge is 0.339 e. The molecule has 4 aliphatic heterocycles. The van der Waals surface area contributed by atoms with Gasteiger partial charge in [-0.25, -0.2) is 9.59 Å². The number of ether oxygens (including phenoxy) is 6. The normalized spacial score (nSPS) is 29.9. The van der Waals surface area contributed by atoms with Crippen molar-refractivity contribution in [3.8, 4) is 22.3 Å². The number of carbonyl (C=O) groups excluding carboxylic acids is 3. The summed E-state index contributed by atoms with van der Waals surface area (Å²) in [5, 5.41) is 10.8. The second-order valence-corrected chi connectivity index (χ2v) is 19.3. The van der Waals surface area contributed by atoms with Gasteiger partial charge in [0.15, 0.2) is 17.4 Å². The Bertz CT molecular complexity index is 2570. The van der Waals surface area contributed by atoms with Crippen LogP contribution >= 0.6 is 0 Å². The molecule has 4 aromatic carbocycles. The molecule has 0 radical (unpaired) electrons. The molecule has 4 heterocycles. The Labute approximate surface area is 401 Å². The molecule has 8 rings (SSSR count). The van der Waals surface area contributed by atoms with E-state index in [9.17, 15) is 19.5 Å². The van der Waals surface area contributed by atoms with Gasteiger partial charge in [-0.3, -0.25) is 4.79 Å². The van der Waals surface area contributed by atoms with Gasteiger partial charge in [0.1, 0.15) is 30.5 Å². The first-order valence-electron chi connectivity index (χ1n) is 23.7. The largest absolute Gasteiger partial charge is 0.458 e. The van der Waals surface area contributed by atoms with Crippen LogP contribution in [0.1, 0.15) is 111 Å². The number of rotatable bonds is 2. The number of esters is 2. The van der Waals surface area contributed by atoms with E-state index in [4.69, 9.17) is 28.4 Å². The van der Waals surface area contributed by atoms with Crippen molar-refractivity contribution in [3.63, 3.8) is 0 Å². The van der Waals surface area contributed by atoms with Crippen molar-refractivity contribution >= 4 is 29.9 Å². The van der Waals surface area contributed by atoms with E-state index >= 15 is 0 Å². The van der Waals surface area contributed by atoms with Gasteiger partial charge in [0.2, 0.25) is 0 Å². The topological polar surface area (TPSA) is 127 Å². The van der Waals surface area contributed by atoms with Gasteiger partial charge in [0, 0.05) is 11.8 Å². The third kappa shape index (κ3) is 12.1. The molecule has 0 aliphatic carbocycles. The van der Waals surface area contributed by atoms with Crippen LogP contribution in [0.4, 0.5) is 0 Å². The molecule has 0 saturated carbocycles. The Balaban J connectivity index is 0.000000201. The van der Waals surface area contributed by atoms with E-state index in [1.54, 1.807) is 12.2 Å². The van der Waals surface area contributed by atoms with E-state index in [1.165, 1.54) is 6.08 Å². The van der Waals surface area contributed by atoms with Crippen LogP contribution in [-0.4, -0.2) is 77.1 Å². The molecule has 2 fully saturated rings. The van der Waals surface area contributed by atoms with E-state index in [0.29, 0.717) is 24.0 Å². The average molecular weight is 923 g/mol. The summed E-state index contributed by atoms with van der Waals surface area (Å²) in [6.07, 6.45) is 12.2. The zero-order valence-electron chi connectivity index (χ0n) is 40.9. The molecule has 0 bridgehead atoms. The van der Waals surface area contributed by atoms with Crippen molar-refractivity contribution < 1.29 is 47.9 Å². The van der Waals surface area contributed by atoms with Crippen molar-refractivity contribution in [1.82, 2.24) is 0 Å². The molecule has 358 valence electrons. The fourth-order valence-electron chi connectivity index (χ4n) is 9.01. The first kappa shape index (κ1) is 50.1. The summed E-state index contributed by atoms with van der Waals surface area (Å²) in [7, 11) is 0. The maximum atomic E-state index is 13.3. The molecule has 9 atom stereocenters. The molecule has 0 spiro atoms.